The Bertz CT molecular complexity index is 806. The second kappa shape index (κ2) is 6.75. The van der Waals surface area contributed by atoms with E-state index in [-0.39, 0.29) is 0 Å². The van der Waals surface area contributed by atoms with Crippen molar-refractivity contribution in [1.29, 1.82) is 0 Å². The van der Waals surface area contributed by atoms with Gasteiger partial charge in [0.05, 0.1) is 15.6 Å². The van der Waals surface area contributed by atoms with E-state index in [0.29, 0.717) is 31.1 Å². The van der Waals surface area contributed by atoms with Crippen molar-refractivity contribution in [2.45, 2.75) is 18.7 Å². The lowest BCUT2D eigenvalue weighted by atomic mass is 10.1. The van der Waals surface area contributed by atoms with E-state index in [0.717, 1.165) is 21.8 Å². The molecule has 0 spiro atoms. The Kier molecular flexibility index (Phi) is 4.85. The Morgan fingerprint density at radius 1 is 0.958 bits per heavy atom. The van der Waals surface area contributed by atoms with Gasteiger partial charge in [0.15, 0.2) is 0 Å². The predicted octanol–water partition coefficient (Wildman–Crippen LogP) is 3.47. The van der Waals surface area contributed by atoms with Crippen LogP contribution >= 0.6 is 11.6 Å². The molecule has 0 aromatic heterocycles. The summed E-state index contributed by atoms with van der Waals surface area (Å²) in [6.45, 7) is 6.25. The molecule has 1 aliphatic heterocycles. The third kappa shape index (κ3) is 3.29. The van der Waals surface area contributed by atoms with Crippen LogP contribution in [0.1, 0.15) is 11.1 Å². The average molecular weight is 365 g/mol. The lowest BCUT2D eigenvalue weighted by molar-refractivity contribution is 0.385. The first kappa shape index (κ1) is 17.3. The van der Waals surface area contributed by atoms with Gasteiger partial charge in [-0.25, -0.2) is 8.42 Å². The molecule has 0 N–H and O–H groups in total. The van der Waals surface area contributed by atoms with Crippen molar-refractivity contribution >= 4 is 27.3 Å². The average Bonchev–Trinajstić information content (AvgIpc) is 2.55. The van der Waals surface area contributed by atoms with E-state index >= 15 is 0 Å². The zero-order chi connectivity index (χ0) is 17.3. The standard InChI is InChI=1S/C18H21ClN2O2S/c1-14-12-15(2)18(17(19)13-14)20-8-10-21(11-9-20)24(22,23)16-6-4-3-5-7-16/h3-7,12-13H,8-11H2,1-2H3. The smallest absolute Gasteiger partial charge is 0.243 e. The fourth-order valence-electron chi connectivity index (χ4n) is 3.20. The van der Waals surface area contributed by atoms with Gasteiger partial charge in [0.2, 0.25) is 10.0 Å². The van der Waals surface area contributed by atoms with Gasteiger partial charge in [-0.2, -0.15) is 4.31 Å². The molecule has 128 valence electrons. The normalized spacial score (nSPS) is 16.4. The van der Waals surface area contributed by atoms with Gasteiger partial charge in [-0.15, -0.1) is 0 Å². The third-order valence-corrected chi connectivity index (χ3v) is 6.54. The molecule has 0 atom stereocenters. The highest BCUT2D eigenvalue weighted by atomic mass is 35.5. The molecule has 0 bridgehead atoms. The van der Waals surface area contributed by atoms with Crippen LogP contribution in [0.2, 0.25) is 5.02 Å². The summed E-state index contributed by atoms with van der Waals surface area (Å²) >= 11 is 6.42. The summed E-state index contributed by atoms with van der Waals surface area (Å²) in [5.41, 5.74) is 3.27. The molecule has 2 aromatic rings. The van der Waals surface area contributed by atoms with Crippen molar-refractivity contribution in [2.24, 2.45) is 0 Å². The number of benzene rings is 2. The first-order valence-corrected chi connectivity index (χ1v) is 9.78. The van der Waals surface area contributed by atoms with Crippen LogP contribution in [0, 0.1) is 13.8 Å². The monoisotopic (exact) mass is 364 g/mol. The second-order valence-corrected chi connectivity index (χ2v) is 8.46. The highest BCUT2D eigenvalue weighted by molar-refractivity contribution is 7.89. The van der Waals surface area contributed by atoms with Gasteiger partial charge in [-0.05, 0) is 43.2 Å². The van der Waals surface area contributed by atoms with Crippen molar-refractivity contribution in [3.05, 3.63) is 58.6 Å². The Hall–Kier alpha value is -1.56. The van der Waals surface area contributed by atoms with Crippen LogP contribution < -0.4 is 4.90 Å². The quantitative estimate of drug-likeness (QED) is 0.837. The van der Waals surface area contributed by atoms with Crippen molar-refractivity contribution in [3.63, 3.8) is 0 Å². The number of aryl methyl sites for hydroxylation is 2. The SMILES string of the molecule is Cc1cc(C)c(N2CCN(S(=O)(=O)c3ccccc3)CC2)c(Cl)c1. The molecule has 0 radical (unpaired) electrons. The summed E-state index contributed by atoms with van der Waals surface area (Å²) in [4.78, 5) is 2.52. The van der Waals surface area contributed by atoms with E-state index in [1.807, 2.05) is 26.0 Å². The van der Waals surface area contributed by atoms with Crippen LogP contribution in [0.5, 0.6) is 0 Å². The highest BCUT2D eigenvalue weighted by Gasteiger charge is 2.29. The lowest BCUT2D eigenvalue weighted by Gasteiger charge is -2.36. The summed E-state index contributed by atoms with van der Waals surface area (Å²) in [6, 6.07) is 12.7. The number of piperazine rings is 1. The van der Waals surface area contributed by atoms with E-state index < -0.39 is 10.0 Å². The van der Waals surface area contributed by atoms with E-state index in [9.17, 15) is 8.42 Å². The molecule has 1 saturated heterocycles. The topological polar surface area (TPSA) is 40.6 Å². The molecule has 1 aliphatic rings. The molecular formula is C18H21ClN2O2S. The van der Waals surface area contributed by atoms with E-state index in [1.54, 1.807) is 28.6 Å². The van der Waals surface area contributed by atoms with Gasteiger partial charge in [-0.3, -0.25) is 0 Å². The van der Waals surface area contributed by atoms with Crippen molar-refractivity contribution in [2.75, 3.05) is 31.1 Å². The Balaban J connectivity index is 1.77. The van der Waals surface area contributed by atoms with Crippen LogP contribution in [0.3, 0.4) is 0 Å². The van der Waals surface area contributed by atoms with Crippen LogP contribution in [-0.4, -0.2) is 38.9 Å². The molecule has 0 saturated carbocycles. The fourth-order valence-corrected chi connectivity index (χ4v) is 5.09. The molecule has 0 unspecified atom stereocenters. The maximum atomic E-state index is 12.7. The third-order valence-electron chi connectivity index (χ3n) is 4.33. The zero-order valence-electron chi connectivity index (χ0n) is 13.9. The number of hydrogen-bond donors (Lipinski definition) is 0. The zero-order valence-corrected chi connectivity index (χ0v) is 15.4. The predicted molar refractivity (Wildman–Crippen MR) is 98.3 cm³/mol. The van der Waals surface area contributed by atoms with Crippen LogP contribution in [-0.2, 0) is 10.0 Å². The van der Waals surface area contributed by atoms with E-state index in [4.69, 9.17) is 11.6 Å². The van der Waals surface area contributed by atoms with Gasteiger partial charge in [0.25, 0.3) is 0 Å². The van der Waals surface area contributed by atoms with Crippen molar-refractivity contribution in [1.82, 2.24) is 4.31 Å². The maximum absolute atomic E-state index is 12.7. The van der Waals surface area contributed by atoms with Crippen LogP contribution in [0.15, 0.2) is 47.4 Å². The lowest BCUT2D eigenvalue weighted by Crippen LogP contribution is -2.48. The van der Waals surface area contributed by atoms with Crippen LogP contribution in [0.4, 0.5) is 5.69 Å². The van der Waals surface area contributed by atoms with Gasteiger partial charge in [0.1, 0.15) is 0 Å². The van der Waals surface area contributed by atoms with Gasteiger partial charge >= 0.3 is 0 Å². The highest BCUT2D eigenvalue weighted by Crippen LogP contribution is 2.32. The Morgan fingerprint density at radius 2 is 1.58 bits per heavy atom. The molecule has 1 fully saturated rings. The molecule has 3 rings (SSSR count). The molecule has 2 aromatic carbocycles. The number of halogens is 1. The second-order valence-electron chi connectivity index (χ2n) is 6.12. The largest absolute Gasteiger partial charge is 0.367 e. The van der Waals surface area contributed by atoms with Crippen molar-refractivity contribution in [3.8, 4) is 0 Å². The molecule has 1 heterocycles. The van der Waals surface area contributed by atoms with E-state index in [2.05, 4.69) is 11.0 Å². The number of hydrogen-bond acceptors (Lipinski definition) is 3. The Labute approximate surface area is 148 Å². The summed E-state index contributed by atoms with van der Waals surface area (Å²) in [5, 5.41) is 0.729. The first-order valence-electron chi connectivity index (χ1n) is 7.96. The molecule has 0 amide bonds. The number of rotatable bonds is 3. The molecule has 24 heavy (non-hydrogen) atoms. The number of anilines is 1. The first-order chi connectivity index (χ1) is 11.4. The summed E-state index contributed by atoms with van der Waals surface area (Å²) in [5.74, 6) is 0. The Morgan fingerprint density at radius 3 is 2.17 bits per heavy atom. The van der Waals surface area contributed by atoms with Crippen molar-refractivity contribution < 1.29 is 8.42 Å². The van der Waals surface area contributed by atoms with Gasteiger partial charge in [-0.1, -0.05) is 35.9 Å². The van der Waals surface area contributed by atoms with Gasteiger partial charge in [0, 0.05) is 26.2 Å². The summed E-state index contributed by atoms with van der Waals surface area (Å²) < 4.78 is 26.9. The molecule has 0 aliphatic carbocycles. The van der Waals surface area contributed by atoms with E-state index in [1.165, 1.54) is 0 Å². The molecule has 6 heteroatoms. The minimum absolute atomic E-state index is 0.350. The fraction of sp³-hybridized carbons (Fsp3) is 0.333. The minimum Gasteiger partial charge on any atom is -0.367 e. The summed E-state index contributed by atoms with van der Waals surface area (Å²) in [6.07, 6.45) is 0. The van der Waals surface area contributed by atoms with Gasteiger partial charge < -0.3 is 4.90 Å². The molecular weight excluding hydrogens is 344 g/mol. The summed E-state index contributed by atoms with van der Waals surface area (Å²) in [7, 11) is -3.42. The maximum Gasteiger partial charge on any atom is 0.243 e. The number of sulfonamides is 1. The minimum atomic E-state index is -3.42. The van der Waals surface area contributed by atoms with Crippen LogP contribution in [0.25, 0.3) is 0 Å². The molecule has 4 nitrogen and oxygen atoms in total. The number of nitrogens with zero attached hydrogens (tertiary/aromatic N) is 2.